The van der Waals surface area contributed by atoms with Gasteiger partial charge in [-0.15, -0.1) is 13.2 Å². The van der Waals surface area contributed by atoms with Crippen LogP contribution in [0, 0.1) is 11.8 Å². The van der Waals surface area contributed by atoms with E-state index in [2.05, 4.69) is 104 Å². The van der Waals surface area contributed by atoms with E-state index in [0.717, 1.165) is 47.0 Å². The first-order chi connectivity index (χ1) is 25.6. The SMILES string of the molecule is CC(CC(CC(C)c1ccc(OC(F)(F)F)cc1)c1ccc(OC2CC3CCC2C3)cc1)c1ccc(Oc2ccc3cc4ccccc4cc3c2)cc1. The topological polar surface area (TPSA) is 27.7 Å². The maximum atomic E-state index is 12.8. The Hall–Kier alpha value is -4.97. The molecule has 6 atom stereocenters. The number of benzene rings is 6. The summed E-state index contributed by atoms with van der Waals surface area (Å²) in [6.45, 7) is 4.41. The van der Waals surface area contributed by atoms with Crippen molar-refractivity contribution >= 4 is 21.5 Å². The smallest absolute Gasteiger partial charge is 0.490 e. The highest BCUT2D eigenvalue weighted by atomic mass is 19.4. The van der Waals surface area contributed by atoms with E-state index < -0.39 is 6.36 Å². The molecule has 0 aliphatic heterocycles. The van der Waals surface area contributed by atoms with Gasteiger partial charge in [-0.2, -0.15) is 0 Å². The molecule has 0 radical (unpaired) electrons. The van der Waals surface area contributed by atoms with Crippen molar-refractivity contribution in [3.63, 3.8) is 0 Å². The molecular weight excluding hydrogens is 670 g/mol. The predicted octanol–water partition coefficient (Wildman–Crippen LogP) is 13.7. The Kier molecular flexibility index (Phi) is 9.80. The van der Waals surface area contributed by atoms with Crippen molar-refractivity contribution in [3.8, 4) is 23.0 Å². The van der Waals surface area contributed by atoms with Gasteiger partial charge >= 0.3 is 6.36 Å². The quantitative estimate of drug-likeness (QED) is 0.118. The Balaban J connectivity index is 0.968. The largest absolute Gasteiger partial charge is 0.573 e. The highest BCUT2D eigenvalue weighted by molar-refractivity contribution is 5.98. The van der Waals surface area contributed by atoms with Crippen molar-refractivity contribution < 1.29 is 27.4 Å². The zero-order chi connectivity index (χ0) is 36.5. The van der Waals surface area contributed by atoms with E-state index in [-0.39, 0.29) is 23.5 Å². The number of hydrogen-bond donors (Lipinski definition) is 0. The van der Waals surface area contributed by atoms with E-state index in [9.17, 15) is 13.2 Å². The summed E-state index contributed by atoms with van der Waals surface area (Å²) in [7, 11) is 0. The second-order valence-electron chi connectivity index (χ2n) is 15.4. The number of rotatable bonds is 12. The van der Waals surface area contributed by atoms with Crippen LogP contribution in [0.15, 0.2) is 127 Å². The summed E-state index contributed by atoms with van der Waals surface area (Å²) in [4.78, 5) is 0. The summed E-state index contributed by atoms with van der Waals surface area (Å²) in [5.41, 5.74) is 3.45. The van der Waals surface area contributed by atoms with E-state index in [0.29, 0.717) is 12.0 Å². The van der Waals surface area contributed by atoms with Crippen LogP contribution in [0.1, 0.15) is 86.8 Å². The lowest BCUT2D eigenvalue weighted by Crippen LogP contribution is -2.23. The number of fused-ring (bicyclic) bond motifs is 4. The second-order valence-corrected chi connectivity index (χ2v) is 15.4. The zero-order valence-electron chi connectivity index (χ0n) is 30.2. The molecule has 0 saturated heterocycles. The van der Waals surface area contributed by atoms with E-state index in [1.807, 2.05) is 18.2 Å². The van der Waals surface area contributed by atoms with Crippen LogP contribution in [0.5, 0.6) is 23.0 Å². The van der Waals surface area contributed by atoms with Crippen LogP contribution in [0.2, 0.25) is 0 Å². The fourth-order valence-electron chi connectivity index (χ4n) is 8.80. The van der Waals surface area contributed by atoms with Gasteiger partial charge in [0.25, 0.3) is 0 Å². The predicted molar refractivity (Wildman–Crippen MR) is 206 cm³/mol. The lowest BCUT2D eigenvalue weighted by atomic mass is 9.79. The molecule has 0 aromatic heterocycles. The Morgan fingerprint density at radius 1 is 0.566 bits per heavy atom. The van der Waals surface area contributed by atoms with E-state index in [4.69, 9.17) is 9.47 Å². The first-order valence-corrected chi connectivity index (χ1v) is 18.9. The molecule has 6 aromatic rings. The average molecular weight is 715 g/mol. The van der Waals surface area contributed by atoms with Crippen LogP contribution in [0.4, 0.5) is 13.2 Å². The number of halogens is 3. The minimum Gasteiger partial charge on any atom is -0.490 e. The first kappa shape index (κ1) is 35.1. The van der Waals surface area contributed by atoms with Gasteiger partial charge in [0.15, 0.2) is 0 Å². The molecule has 2 bridgehead atoms. The van der Waals surface area contributed by atoms with Gasteiger partial charge < -0.3 is 14.2 Å². The molecule has 2 aliphatic rings. The number of hydrogen-bond acceptors (Lipinski definition) is 3. The summed E-state index contributed by atoms with van der Waals surface area (Å²) in [6, 6.07) is 42.4. The standard InChI is InChI=1S/C47H45F3O3/c1-30(33-9-16-42(17-10-33)51-45-22-15-38-27-36-5-3-4-6-37(36)28-41(38)29-45)23-40(24-31(2)34-11-20-44(21-12-34)53-47(48,49)50)35-13-18-43(19-14-35)52-46-26-32-7-8-39(46)25-32/h3-6,9-22,27-32,39-40,46H,7-8,23-26H2,1-2H3. The van der Waals surface area contributed by atoms with E-state index in [1.165, 1.54) is 65.1 Å². The van der Waals surface area contributed by atoms with Gasteiger partial charge in [0.2, 0.25) is 0 Å². The first-order valence-electron chi connectivity index (χ1n) is 18.9. The fourth-order valence-corrected chi connectivity index (χ4v) is 8.80. The van der Waals surface area contributed by atoms with Crippen LogP contribution in [-0.4, -0.2) is 12.5 Å². The third kappa shape index (κ3) is 8.32. The highest BCUT2D eigenvalue weighted by Crippen LogP contribution is 2.46. The number of ether oxygens (including phenoxy) is 3. The molecule has 2 fully saturated rings. The molecule has 8 rings (SSSR count). The summed E-state index contributed by atoms with van der Waals surface area (Å²) < 4.78 is 55.2. The molecule has 6 heteroatoms. The van der Waals surface area contributed by atoms with Gasteiger partial charge in [-0.25, -0.2) is 0 Å². The van der Waals surface area contributed by atoms with Gasteiger partial charge in [0.1, 0.15) is 29.1 Å². The van der Waals surface area contributed by atoms with Crippen molar-refractivity contribution in [3.05, 3.63) is 144 Å². The van der Waals surface area contributed by atoms with Crippen molar-refractivity contribution in [2.24, 2.45) is 11.8 Å². The molecule has 0 heterocycles. The Labute approximate surface area is 309 Å². The van der Waals surface area contributed by atoms with Gasteiger partial charge in [0.05, 0.1) is 0 Å². The van der Waals surface area contributed by atoms with Gasteiger partial charge in [-0.3, -0.25) is 0 Å². The lowest BCUT2D eigenvalue weighted by Gasteiger charge is -2.26. The molecule has 6 aromatic carbocycles. The zero-order valence-corrected chi connectivity index (χ0v) is 30.2. The number of alkyl halides is 3. The minimum absolute atomic E-state index is 0.118. The van der Waals surface area contributed by atoms with Crippen LogP contribution >= 0.6 is 0 Å². The Morgan fingerprint density at radius 2 is 1.11 bits per heavy atom. The summed E-state index contributed by atoms with van der Waals surface area (Å²) in [5, 5.41) is 4.75. The minimum atomic E-state index is -4.71. The molecular formula is C47H45F3O3. The van der Waals surface area contributed by atoms with E-state index in [1.54, 1.807) is 12.1 Å². The van der Waals surface area contributed by atoms with Crippen molar-refractivity contribution in [2.45, 2.75) is 82.6 Å². The second kappa shape index (κ2) is 14.8. The lowest BCUT2D eigenvalue weighted by molar-refractivity contribution is -0.274. The maximum absolute atomic E-state index is 12.8. The molecule has 272 valence electrons. The maximum Gasteiger partial charge on any atom is 0.573 e. The summed E-state index contributed by atoms with van der Waals surface area (Å²) in [5.74, 6) is 4.41. The third-order valence-electron chi connectivity index (χ3n) is 11.6. The summed E-state index contributed by atoms with van der Waals surface area (Å²) >= 11 is 0. The molecule has 3 nitrogen and oxygen atoms in total. The molecule has 0 amide bonds. The molecule has 0 spiro atoms. The van der Waals surface area contributed by atoms with Crippen LogP contribution in [-0.2, 0) is 0 Å². The van der Waals surface area contributed by atoms with Gasteiger partial charge in [-0.05, 0) is 167 Å². The molecule has 2 saturated carbocycles. The Bertz CT molecular complexity index is 2160. The monoisotopic (exact) mass is 714 g/mol. The average Bonchev–Trinajstić information content (AvgIpc) is 3.78. The van der Waals surface area contributed by atoms with Crippen molar-refractivity contribution in [1.29, 1.82) is 0 Å². The Morgan fingerprint density at radius 3 is 1.70 bits per heavy atom. The van der Waals surface area contributed by atoms with Crippen LogP contribution in [0.25, 0.3) is 21.5 Å². The van der Waals surface area contributed by atoms with Crippen molar-refractivity contribution in [1.82, 2.24) is 0 Å². The molecule has 0 N–H and O–H groups in total. The molecule has 6 unspecified atom stereocenters. The fraction of sp³-hybridized carbons (Fsp3) is 0.319. The van der Waals surface area contributed by atoms with Gasteiger partial charge in [0, 0.05) is 0 Å². The normalized spacial score (nSPS) is 20.0. The van der Waals surface area contributed by atoms with Crippen molar-refractivity contribution in [2.75, 3.05) is 0 Å². The van der Waals surface area contributed by atoms with Gasteiger partial charge in [-0.1, -0.05) is 80.6 Å². The molecule has 2 aliphatic carbocycles. The van der Waals surface area contributed by atoms with Crippen LogP contribution in [0.3, 0.4) is 0 Å². The van der Waals surface area contributed by atoms with E-state index >= 15 is 0 Å². The van der Waals surface area contributed by atoms with Crippen LogP contribution < -0.4 is 14.2 Å². The summed E-state index contributed by atoms with van der Waals surface area (Å²) in [6.07, 6.45) is 2.46. The highest BCUT2D eigenvalue weighted by Gasteiger charge is 2.41. The third-order valence-corrected chi connectivity index (χ3v) is 11.6. The molecule has 53 heavy (non-hydrogen) atoms.